The van der Waals surface area contributed by atoms with E-state index in [1.54, 1.807) is 19.3 Å². The number of carboxylic acids is 1. The van der Waals surface area contributed by atoms with E-state index in [0.717, 1.165) is 38.5 Å². The highest BCUT2D eigenvalue weighted by Crippen LogP contribution is 2.31. The molecule has 0 aromatic carbocycles. The lowest BCUT2D eigenvalue weighted by Gasteiger charge is -2.32. The van der Waals surface area contributed by atoms with Gasteiger partial charge in [-0.05, 0) is 18.9 Å². The minimum atomic E-state index is -1.10. The fourth-order valence-corrected chi connectivity index (χ4v) is 2.68. The van der Waals surface area contributed by atoms with E-state index in [9.17, 15) is 19.2 Å². The Morgan fingerprint density at radius 1 is 1.38 bits per heavy atom. The number of ether oxygens (including phenoxy) is 1. The number of quaternary nitrogens is 1. The van der Waals surface area contributed by atoms with Crippen molar-refractivity contribution in [2.75, 3.05) is 14.2 Å². The predicted octanol–water partition coefficient (Wildman–Crippen LogP) is 1.14. The van der Waals surface area contributed by atoms with Gasteiger partial charge in [-0.1, -0.05) is 6.92 Å². The van der Waals surface area contributed by atoms with Gasteiger partial charge in [0.05, 0.1) is 13.2 Å². The van der Waals surface area contributed by atoms with Crippen LogP contribution in [-0.4, -0.2) is 71.1 Å². The molecule has 2 aliphatic rings. The number of Topliss-reactive ketones (excluding diaryl/α,β-unsaturated/α-hetero) is 1. The van der Waals surface area contributed by atoms with Gasteiger partial charge in [0.2, 0.25) is 6.23 Å². The number of carbonyl (C=O) groups excluding carboxylic acids is 3. The number of amides is 2. The summed E-state index contributed by atoms with van der Waals surface area (Å²) in [6.07, 6.45) is 8.78. The van der Waals surface area contributed by atoms with Crippen LogP contribution in [0.4, 0.5) is 4.79 Å². The molecule has 1 fully saturated rings. The molecule has 2 amide bonds. The smallest absolute Gasteiger partial charge is 0.451 e. The molecule has 162 valence electrons. The summed E-state index contributed by atoms with van der Waals surface area (Å²) in [5, 5.41) is 14.8. The monoisotopic (exact) mass is 412 g/mol. The molecule has 2 heterocycles. The zero-order chi connectivity index (χ0) is 22.4. The quantitative estimate of drug-likeness (QED) is 0.319. The van der Waals surface area contributed by atoms with E-state index in [1.165, 1.54) is 0 Å². The molecule has 3 unspecified atom stereocenters. The Morgan fingerprint density at radius 2 is 2.03 bits per heavy atom. The lowest BCUT2D eigenvalue weighted by molar-refractivity contribution is -0.830. The molecule has 29 heavy (non-hydrogen) atoms. The molecule has 2 aliphatic heterocycles. The molecule has 2 rings (SSSR count). The van der Waals surface area contributed by atoms with Crippen LogP contribution in [0.1, 0.15) is 39.0 Å². The number of nitrogens with zero attached hydrogens (tertiary/aromatic N) is 2. The average Bonchev–Trinajstić information content (AvgIpc) is 3.19. The highest BCUT2D eigenvalue weighted by Gasteiger charge is 2.45. The molecule has 4 N–H and O–H groups in total. The van der Waals surface area contributed by atoms with Crippen LogP contribution in [0.15, 0.2) is 29.4 Å². The fraction of sp³-hybridized carbons (Fsp3) is 0.526. The van der Waals surface area contributed by atoms with Crippen LogP contribution in [-0.2, 0) is 19.1 Å². The van der Waals surface area contributed by atoms with Gasteiger partial charge < -0.3 is 20.7 Å². The highest BCUT2D eigenvalue weighted by atomic mass is 16.5. The van der Waals surface area contributed by atoms with E-state index < -0.39 is 5.97 Å². The molecule has 3 atom stereocenters. The van der Waals surface area contributed by atoms with Crippen molar-refractivity contribution < 1.29 is 38.6 Å². The summed E-state index contributed by atoms with van der Waals surface area (Å²) in [6, 6.07) is -0.305. The summed E-state index contributed by atoms with van der Waals surface area (Å²) in [5.41, 5.74) is 5.52. The van der Waals surface area contributed by atoms with Gasteiger partial charge in [0.1, 0.15) is 24.1 Å². The molecule has 0 radical (unpaired) electrons. The van der Waals surface area contributed by atoms with Crippen LogP contribution >= 0.6 is 0 Å². The first-order valence-corrected chi connectivity index (χ1v) is 9.13. The Bertz CT molecular complexity index is 673. The lowest BCUT2D eigenvalue weighted by atomic mass is 10.1. The molecule has 0 bridgehead atoms. The molecule has 0 spiro atoms. The van der Waals surface area contributed by atoms with Gasteiger partial charge in [-0.15, -0.1) is 4.99 Å². The van der Waals surface area contributed by atoms with E-state index in [4.69, 9.17) is 20.7 Å². The molecule has 10 heteroatoms. The third-order valence-corrected chi connectivity index (χ3v) is 4.33. The van der Waals surface area contributed by atoms with Gasteiger partial charge in [-0.2, -0.15) is 4.48 Å². The first-order chi connectivity index (χ1) is 13.7. The number of aliphatic hydroxyl groups is 1. The SMILES string of the molecule is CCC(=O)CCC1CCC([N+]2(C)C=CC(N)=NC2=O)O1.CO.O=C/C=C\C(=O)O. The number of urea groups is 1. The highest BCUT2D eigenvalue weighted by molar-refractivity contribution is 5.99. The third kappa shape index (κ3) is 8.90. The number of hydrogen-bond donors (Lipinski definition) is 3. The van der Waals surface area contributed by atoms with E-state index >= 15 is 0 Å². The molecule has 0 aromatic rings. The zero-order valence-electron chi connectivity index (χ0n) is 17.0. The van der Waals surface area contributed by atoms with E-state index in [1.807, 2.05) is 6.92 Å². The van der Waals surface area contributed by atoms with Gasteiger partial charge in [0, 0.05) is 38.5 Å². The van der Waals surface area contributed by atoms with Crippen molar-refractivity contribution in [2.24, 2.45) is 10.7 Å². The van der Waals surface area contributed by atoms with E-state index in [2.05, 4.69) is 4.99 Å². The number of aliphatic imine (C=N–C) groups is 1. The van der Waals surface area contributed by atoms with Crippen LogP contribution in [0, 0.1) is 0 Å². The molecule has 0 aliphatic carbocycles. The number of ketones is 1. The average molecular weight is 412 g/mol. The Balaban J connectivity index is 0.000000740. The first-order valence-electron chi connectivity index (χ1n) is 9.13. The number of carboxylic acid groups (broad SMARTS) is 1. The van der Waals surface area contributed by atoms with Crippen molar-refractivity contribution in [3.8, 4) is 0 Å². The van der Waals surface area contributed by atoms with Crippen molar-refractivity contribution in [1.29, 1.82) is 0 Å². The maximum atomic E-state index is 12.1. The van der Waals surface area contributed by atoms with Crippen molar-refractivity contribution in [3.05, 3.63) is 24.4 Å². The molecular formula is C19H30N3O7+. The normalized spacial score (nSPS) is 25.4. The number of aliphatic hydroxyl groups excluding tert-OH is 1. The maximum Gasteiger partial charge on any atom is 0.451 e. The van der Waals surface area contributed by atoms with Gasteiger partial charge in [-0.3, -0.25) is 9.59 Å². The topological polar surface area (TPSA) is 156 Å². The fourth-order valence-electron chi connectivity index (χ4n) is 2.68. The molecule has 10 nitrogen and oxygen atoms in total. The maximum absolute atomic E-state index is 12.1. The number of carbonyl (C=O) groups is 4. The zero-order valence-corrected chi connectivity index (χ0v) is 17.0. The summed E-state index contributed by atoms with van der Waals surface area (Å²) < 4.78 is 5.94. The first kappa shape index (κ1) is 26.3. The number of nitrogens with two attached hydrogens (primary N) is 1. The van der Waals surface area contributed by atoms with E-state index in [-0.39, 0.29) is 34.5 Å². The van der Waals surface area contributed by atoms with Gasteiger partial charge >= 0.3 is 12.0 Å². The number of aldehydes is 1. The summed E-state index contributed by atoms with van der Waals surface area (Å²) >= 11 is 0. The van der Waals surface area contributed by atoms with Crippen molar-refractivity contribution >= 4 is 29.9 Å². The number of hydrogen-bond acceptors (Lipinski definition) is 7. The molecule has 0 saturated carbocycles. The number of aliphatic carboxylic acids is 1. The van der Waals surface area contributed by atoms with Crippen molar-refractivity contribution in [3.63, 3.8) is 0 Å². The molecular weight excluding hydrogens is 382 g/mol. The second kappa shape index (κ2) is 13.5. The van der Waals surface area contributed by atoms with Crippen LogP contribution in [0.3, 0.4) is 0 Å². The standard InChI is InChI=1S/C14H21N3O3.C4H4O3.CH4O/c1-3-10(18)4-5-11-6-7-13(20-11)17(2)9-8-12(15)16-14(17)19;5-3-1-2-4(6)7;1-2/h8-9,11,13H,3-7H2,1-2H3,(H-,15,16,19);1-3H,(H,6,7);2H,1H3/p+1/b;2-1-;. The van der Waals surface area contributed by atoms with Crippen LogP contribution in [0.25, 0.3) is 0 Å². The lowest BCUT2D eigenvalue weighted by Crippen LogP contribution is -2.53. The Morgan fingerprint density at radius 3 is 2.52 bits per heavy atom. The minimum Gasteiger partial charge on any atom is -0.478 e. The van der Waals surface area contributed by atoms with Crippen LogP contribution in [0.2, 0.25) is 0 Å². The molecule has 0 aromatic heterocycles. The largest absolute Gasteiger partial charge is 0.478 e. The second-order valence-corrected chi connectivity index (χ2v) is 6.34. The predicted molar refractivity (Wildman–Crippen MR) is 106 cm³/mol. The Kier molecular flexibility index (Phi) is 12.2. The minimum absolute atomic E-state index is 0.00107. The summed E-state index contributed by atoms with van der Waals surface area (Å²) in [6.45, 7) is 1.87. The molecule has 1 saturated heterocycles. The van der Waals surface area contributed by atoms with Gasteiger partial charge in [0.25, 0.3) is 0 Å². The van der Waals surface area contributed by atoms with Crippen LogP contribution in [0.5, 0.6) is 0 Å². The number of amidine groups is 1. The second-order valence-electron chi connectivity index (χ2n) is 6.34. The number of rotatable bonds is 7. The Labute approximate surface area is 169 Å². The van der Waals surface area contributed by atoms with Gasteiger partial charge in [-0.25, -0.2) is 9.59 Å². The van der Waals surface area contributed by atoms with Crippen molar-refractivity contribution in [2.45, 2.75) is 51.4 Å². The summed E-state index contributed by atoms with van der Waals surface area (Å²) in [4.78, 5) is 46.1. The van der Waals surface area contributed by atoms with Crippen LogP contribution < -0.4 is 5.73 Å². The van der Waals surface area contributed by atoms with Crippen molar-refractivity contribution in [1.82, 2.24) is 0 Å². The van der Waals surface area contributed by atoms with Gasteiger partial charge in [0.15, 0.2) is 0 Å². The summed E-state index contributed by atoms with van der Waals surface area (Å²) in [7, 11) is 2.78. The number of allylic oxidation sites excluding steroid dienone is 1. The third-order valence-electron chi connectivity index (χ3n) is 4.33. The Hall–Kier alpha value is -2.69. The van der Waals surface area contributed by atoms with E-state index in [0.29, 0.717) is 19.1 Å². The summed E-state index contributed by atoms with van der Waals surface area (Å²) in [5.74, 6) is -0.621.